The molecule has 1 heterocycles. The third-order valence-corrected chi connectivity index (χ3v) is 7.83. The highest BCUT2D eigenvalue weighted by atomic mass is 32.2. The maximum atomic E-state index is 12.9. The van der Waals surface area contributed by atoms with Gasteiger partial charge in [0.25, 0.3) is 0 Å². The number of benzene rings is 2. The van der Waals surface area contributed by atoms with Gasteiger partial charge < -0.3 is 14.8 Å². The number of amides is 1. The largest absolute Gasteiger partial charge is 0.496 e. The van der Waals surface area contributed by atoms with Crippen LogP contribution < -0.4 is 10.1 Å². The molecule has 168 valence electrons. The summed E-state index contributed by atoms with van der Waals surface area (Å²) in [6, 6.07) is 14.8. The summed E-state index contributed by atoms with van der Waals surface area (Å²) in [4.78, 5) is 13.6. The first-order valence-electron chi connectivity index (χ1n) is 10.2. The average molecular weight is 465 g/mol. The number of ether oxygens (including phenoxy) is 2. The number of rotatable bonds is 10. The van der Waals surface area contributed by atoms with Gasteiger partial charge in [0.1, 0.15) is 5.75 Å². The molecule has 0 atom stereocenters. The Kier molecular flexibility index (Phi) is 8.77. The molecule has 1 N–H and O–H groups in total. The van der Waals surface area contributed by atoms with Gasteiger partial charge in [0.2, 0.25) is 15.9 Å². The quantitative estimate of drug-likeness (QED) is 0.430. The fraction of sp³-hybridized carbons (Fsp3) is 0.409. The van der Waals surface area contributed by atoms with Crippen molar-refractivity contribution in [2.75, 3.05) is 45.7 Å². The Morgan fingerprint density at radius 1 is 1.16 bits per heavy atom. The van der Waals surface area contributed by atoms with Crippen molar-refractivity contribution in [3.63, 3.8) is 0 Å². The van der Waals surface area contributed by atoms with Gasteiger partial charge in [-0.15, -0.1) is 11.8 Å². The highest BCUT2D eigenvalue weighted by Crippen LogP contribution is 2.26. The van der Waals surface area contributed by atoms with Crippen LogP contribution in [0.4, 0.5) is 0 Å². The van der Waals surface area contributed by atoms with Gasteiger partial charge in [0, 0.05) is 36.7 Å². The van der Waals surface area contributed by atoms with Gasteiger partial charge >= 0.3 is 0 Å². The summed E-state index contributed by atoms with van der Waals surface area (Å²) in [5, 5.41) is 2.92. The lowest BCUT2D eigenvalue weighted by Crippen LogP contribution is -2.40. The Labute approximate surface area is 188 Å². The van der Waals surface area contributed by atoms with Crippen LogP contribution in [0.1, 0.15) is 12.0 Å². The van der Waals surface area contributed by atoms with Crippen molar-refractivity contribution in [3.8, 4) is 5.75 Å². The molecule has 1 saturated heterocycles. The molecule has 0 spiro atoms. The molecule has 0 aliphatic carbocycles. The Morgan fingerprint density at radius 2 is 1.90 bits per heavy atom. The van der Waals surface area contributed by atoms with E-state index in [0.29, 0.717) is 50.6 Å². The number of thioether (sulfide) groups is 1. The van der Waals surface area contributed by atoms with E-state index < -0.39 is 10.0 Å². The molecule has 9 heteroatoms. The Bertz CT molecular complexity index is 961. The van der Waals surface area contributed by atoms with Crippen LogP contribution >= 0.6 is 11.8 Å². The molecule has 0 radical (unpaired) electrons. The summed E-state index contributed by atoms with van der Waals surface area (Å²) in [6.45, 7) is 2.04. The van der Waals surface area contributed by atoms with Crippen molar-refractivity contribution in [3.05, 3.63) is 54.1 Å². The summed E-state index contributed by atoms with van der Waals surface area (Å²) in [6.07, 6.45) is 0.653. The number of hydrogen-bond donors (Lipinski definition) is 1. The molecule has 3 rings (SSSR count). The first-order valence-corrected chi connectivity index (χ1v) is 12.6. The minimum Gasteiger partial charge on any atom is -0.496 e. The molecule has 2 aromatic rings. The smallest absolute Gasteiger partial charge is 0.243 e. The summed E-state index contributed by atoms with van der Waals surface area (Å²) >= 11 is 1.69. The molecule has 7 nitrogen and oxygen atoms in total. The molecule has 1 amide bonds. The van der Waals surface area contributed by atoms with Crippen LogP contribution in [0.2, 0.25) is 0 Å². The first kappa shape index (κ1) is 23.6. The van der Waals surface area contributed by atoms with Gasteiger partial charge in [-0.3, -0.25) is 4.79 Å². The van der Waals surface area contributed by atoms with E-state index in [9.17, 15) is 13.2 Å². The number of carbonyl (C=O) groups excluding carboxylic acids is 1. The highest BCUT2D eigenvalue weighted by Gasteiger charge is 2.27. The molecule has 0 aromatic heterocycles. The van der Waals surface area contributed by atoms with E-state index in [-0.39, 0.29) is 17.2 Å². The van der Waals surface area contributed by atoms with Crippen LogP contribution in [0.15, 0.2) is 58.3 Å². The standard InChI is InChI=1S/C22H28N2O5S2/c1-28-21-9-8-20(31(26,27)24-12-14-29-15-13-24)17-18(21)7-10-22(25)23-11-16-30-19-5-3-2-4-6-19/h2-6,8-9,17H,7,10-16H2,1H3,(H,23,25). The second-order valence-electron chi connectivity index (χ2n) is 7.00. The Morgan fingerprint density at radius 3 is 2.61 bits per heavy atom. The van der Waals surface area contributed by atoms with Crippen LogP contribution in [-0.2, 0) is 26.0 Å². The monoisotopic (exact) mass is 464 g/mol. The number of hydrogen-bond acceptors (Lipinski definition) is 6. The van der Waals surface area contributed by atoms with E-state index in [4.69, 9.17) is 9.47 Å². The fourth-order valence-electron chi connectivity index (χ4n) is 3.26. The Balaban J connectivity index is 1.55. The predicted octanol–water partition coefficient (Wildman–Crippen LogP) is 2.56. The molecule has 0 saturated carbocycles. The first-order chi connectivity index (χ1) is 15.0. The summed E-state index contributed by atoms with van der Waals surface area (Å²) in [5.41, 5.74) is 0.700. The zero-order chi connectivity index (χ0) is 22.1. The molecular weight excluding hydrogens is 436 g/mol. The lowest BCUT2D eigenvalue weighted by atomic mass is 10.1. The predicted molar refractivity (Wildman–Crippen MR) is 121 cm³/mol. The van der Waals surface area contributed by atoms with Crippen LogP contribution in [0.5, 0.6) is 5.75 Å². The summed E-state index contributed by atoms with van der Waals surface area (Å²) in [7, 11) is -2.06. The average Bonchev–Trinajstić information content (AvgIpc) is 2.81. The lowest BCUT2D eigenvalue weighted by molar-refractivity contribution is -0.120. The summed E-state index contributed by atoms with van der Waals surface area (Å²) < 4.78 is 37.9. The number of nitrogens with zero attached hydrogens (tertiary/aromatic N) is 1. The highest BCUT2D eigenvalue weighted by molar-refractivity contribution is 7.99. The van der Waals surface area contributed by atoms with E-state index >= 15 is 0 Å². The molecular formula is C22H28N2O5S2. The molecule has 31 heavy (non-hydrogen) atoms. The van der Waals surface area contributed by atoms with Crippen LogP contribution in [0.25, 0.3) is 0 Å². The van der Waals surface area contributed by atoms with E-state index in [1.54, 1.807) is 30.0 Å². The van der Waals surface area contributed by atoms with Gasteiger partial charge in [-0.25, -0.2) is 8.42 Å². The number of morpholine rings is 1. The number of sulfonamides is 1. The van der Waals surface area contributed by atoms with Crippen molar-refractivity contribution in [1.29, 1.82) is 0 Å². The second kappa shape index (κ2) is 11.5. The molecule has 0 unspecified atom stereocenters. The van der Waals surface area contributed by atoms with Gasteiger partial charge in [-0.2, -0.15) is 4.31 Å². The fourth-order valence-corrected chi connectivity index (χ4v) is 5.51. The number of aryl methyl sites for hydroxylation is 1. The van der Waals surface area contributed by atoms with Crippen molar-refractivity contribution in [2.24, 2.45) is 0 Å². The third-order valence-electron chi connectivity index (χ3n) is 4.92. The minimum absolute atomic E-state index is 0.0721. The van der Waals surface area contributed by atoms with Gasteiger partial charge in [0.05, 0.1) is 25.2 Å². The topological polar surface area (TPSA) is 84.9 Å². The number of nitrogens with one attached hydrogen (secondary N) is 1. The zero-order valence-electron chi connectivity index (χ0n) is 17.6. The molecule has 1 aliphatic heterocycles. The maximum absolute atomic E-state index is 12.9. The SMILES string of the molecule is COc1ccc(S(=O)(=O)N2CCOCC2)cc1CCC(=O)NCCSc1ccccc1. The van der Waals surface area contributed by atoms with Gasteiger partial charge in [-0.05, 0) is 42.3 Å². The summed E-state index contributed by atoms with van der Waals surface area (Å²) in [5.74, 6) is 1.29. The second-order valence-corrected chi connectivity index (χ2v) is 10.1. The van der Waals surface area contributed by atoms with Gasteiger partial charge in [0.15, 0.2) is 0 Å². The van der Waals surface area contributed by atoms with Crippen molar-refractivity contribution < 1.29 is 22.7 Å². The van der Waals surface area contributed by atoms with E-state index in [1.807, 2.05) is 30.3 Å². The number of methoxy groups -OCH3 is 1. The third kappa shape index (κ3) is 6.70. The molecule has 1 aliphatic rings. The van der Waals surface area contributed by atoms with E-state index in [0.717, 1.165) is 5.75 Å². The van der Waals surface area contributed by atoms with Gasteiger partial charge in [-0.1, -0.05) is 18.2 Å². The Hall–Kier alpha value is -2.07. The van der Waals surface area contributed by atoms with Crippen molar-refractivity contribution >= 4 is 27.7 Å². The van der Waals surface area contributed by atoms with Crippen molar-refractivity contribution in [1.82, 2.24) is 9.62 Å². The maximum Gasteiger partial charge on any atom is 0.243 e. The molecule has 1 fully saturated rings. The van der Waals surface area contributed by atoms with Crippen LogP contribution in [0.3, 0.4) is 0 Å². The van der Waals surface area contributed by atoms with Crippen molar-refractivity contribution in [2.45, 2.75) is 22.6 Å². The van der Waals surface area contributed by atoms with E-state index in [2.05, 4.69) is 5.32 Å². The van der Waals surface area contributed by atoms with Crippen LogP contribution in [0, 0.1) is 0 Å². The lowest BCUT2D eigenvalue weighted by Gasteiger charge is -2.26. The molecule has 0 bridgehead atoms. The van der Waals surface area contributed by atoms with E-state index in [1.165, 1.54) is 16.3 Å². The minimum atomic E-state index is -3.60. The normalized spacial score (nSPS) is 14.9. The zero-order valence-corrected chi connectivity index (χ0v) is 19.2. The molecule has 2 aromatic carbocycles. The van der Waals surface area contributed by atoms with Crippen LogP contribution in [-0.4, -0.2) is 64.3 Å². The number of carbonyl (C=O) groups is 1.